The number of nitro groups is 1. The Labute approximate surface area is 140 Å². The van der Waals surface area contributed by atoms with Gasteiger partial charge in [-0.25, -0.2) is 4.79 Å². The molecular formula is C17H10ClNO5. The van der Waals surface area contributed by atoms with E-state index >= 15 is 0 Å². The Balaban J connectivity index is 2.00. The van der Waals surface area contributed by atoms with Crippen molar-refractivity contribution in [1.82, 2.24) is 0 Å². The number of nitrogens with zero attached hydrogens (tertiary/aromatic N) is 1. The smallest absolute Gasteiger partial charge is 0.365 e. The first-order chi connectivity index (χ1) is 11.6. The number of halogens is 1. The first-order valence-corrected chi connectivity index (χ1v) is 7.55. The van der Waals surface area contributed by atoms with Gasteiger partial charge in [0.1, 0.15) is 17.3 Å². The lowest BCUT2D eigenvalue weighted by molar-refractivity contribution is -0.561. The lowest BCUT2D eigenvalue weighted by Gasteiger charge is -2.11. The fraction of sp³-hybridized carbons (Fsp3) is 0.118. The second kappa shape index (κ2) is 5.35. The minimum atomic E-state index is -1.39. The molecule has 2 heterocycles. The maximum Gasteiger partial charge on any atom is 0.365 e. The number of fused-ring (bicyclic) bond motifs is 3. The van der Waals surface area contributed by atoms with Crippen LogP contribution in [0.25, 0.3) is 11.0 Å². The minimum absolute atomic E-state index is 0.165. The van der Waals surface area contributed by atoms with Crippen LogP contribution in [0.3, 0.4) is 0 Å². The van der Waals surface area contributed by atoms with E-state index in [1.807, 2.05) is 0 Å². The molecule has 7 heteroatoms. The summed E-state index contributed by atoms with van der Waals surface area (Å²) in [5, 5.41) is 12.5. The van der Waals surface area contributed by atoms with E-state index in [1.54, 1.807) is 48.5 Å². The molecule has 0 bridgehead atoms. The van der Waals surface area contributed by atoms with Gasteiger partial charge in [-0.2, -0.15) is 0 Å². The third-order valence-corrected chi connectivity index (χ3v) is 4.32. The van der Waals surface area contributed by atoms with E-state index in [4.69, 9.17) is 20.8 Å². The molecule has 24 heavy (non-hydrogen) atoms. The molecule has 3 aromatic rings. The lowest BCUT2D eigenvalue weighted by Crippen LogP contribution is -2.29. The Morgan fingerprint density at radius 3 is 2.50 bits per heavy atom. The summed E-state index contributed by atoms with van der Waals surface area (Å²) in [4.78, 5) is 23.4. The zero-order valence-electron chi connectivity index (χ0n) is 12.1. The molecule has 0 aliphatic carbocycles. The maximum absolute atomic E-state index is 12.4. The van der Waals surface area contributed by atoms with Gasteiger partial charge in [0, 0.05) is 5.02 Å². The van der Waals surface area contributed by atoms with Gasteiger partial charge in [0.2, 0.25) is 0 Å². The van der Waals surface area contributed by atoms with E-state index < -0.39 is 22.7 Å². The Kier molecular flexibility index (Phi) is 3.28. The first kappa shape index (κ1) is 14.7. The van der Waals surface area contributed by atoms with Crippen LogP contribution in [0.4, 0.5) is 0 Å². The van der Waals surface area contributed by atoms with Gasteiger partial charge in [-0.15, -0.1) is 0 Å². The van der Waals surface area contributed by atoms with Crippen molar-refractivity contribution in [2.75, 3.05) is 0 Å². The highest BCUT2D eigenvalue weighted by molar-refractivity contribution is 6.30. The van der Waals surface area contributed by atoms with Crippen molar-refractivity contribution >= 4 is 22.6 Å². The lowest BCUT2D eigenvalue weighted by atomic mass is 9.92. The topological polar surface area (TPSA) is 82.6 Å². The molecule has 0 fully saturated rings. The van der Waals surface area contributed by atoms with E-state index in [0.717, 1.165) is 0 Å². The highest BCUT2D eigenvalue weighted by Crippen LogP contribution is 2.44. The second-order valence-electron chi connectivity index (χ2n) is 5.45. The normalized spacial score (nSPS) is 19.0. The van der Waals surface area contributed by atoms with Crippen LogP contribution in [-0.2, 0) is 0 Å². The quantitative estimate of drug-likeness (QED) is 0.403. The van der Waals surface area contributed by atoms with E-state index in [1.165, 1.54) is 0 Å². The molecule has 0 saturated heterocycles. The van der Waals surface area contributed by atoms with E-state index in [0.29, 0.717) is 21.6 Å². The largest absolute Gasteiger partial charge is 0.428 e. The van der Waals surface area contributed by atoms with Crippen molar-refractivity contribution in [3.05, 3.63) is 85.2 Å². The molecule has 1 aromatic heterocycles. The van der Waals surface area contributed by atoms with Crippen LogP contribution in [-0.4, -0.2) is 11.2 Å². The molecule has 0 amide bonds. The number of rotatable bonds is 2. The monoisotopic (exact) mass is 343 g/mol. The van der Waals surface area contributed by atoms with Crippen molar-refractivity contribution in [1.29, 1.82) is 0 Å². The van der Waals surface area contributed by atoms with Gasteiger partial charge in [-0.1, -0.05) is 35.9 Å². The first-order valence-electron chi connectivity index (χ1n) is 7.17. The van der Waals surface area contributed by atoms with Gasteiger partial charge >= 0.3 is 11.9 Å². The average molecular weight is 344 g/mol. The fourth-order valence-corrected chi connectivity index (χ4v) is 3.15. The molecule has 4 rings (SSSR count). The van der Waals surface area contributed by atoms with Crippen molar-refractivity contribution in [3.8, 4) is 5.75 Å². The summed E-state index contributed by atoms with van der Waals surface area (Å²) in [6, 6.07) is 13.3. The van der Waals surface area contributed by atoms with Crippen LogP contribution < -0.4 is 10.4 Å². The van der Waals surface area contributed by atoms with E-state index in [-0.39, 0.29) is 11.3 Å². The third kappa shape index (κ3) is 2.15. The summed E-state index contributed by atoms with van der Waals surface area (Å²) < 4.78 is 10.9. The zero-order chi connectivity index (χ0) is 16.8. The van der Waals surface area contributed by atoms with E-state index in [2.05, 4.69) is 0 Å². The summed E-state index contributed by atoms with van der Waals surface area (Å²) in [6.07, 6.45) is -1.39. The number of hydrogen-bond donors (Lipinski definition) is 0. The average Bonchev–Trinajstić information content (AvgIpc) is 2.97. The fourth-order valence-electron chi connectivity index (χ4n) is 3.03. The van der Waals surface area contributed by atoms with Crippen molar-refractivity contribution in [3.63, 3.8) is 0 Å². The van der Waals surface area contributed by atoms with Gasteiger partial charge in [0.15, 0.2) is 0 Å². The van der Waals surface area contributed by atoms with Crippen LogP contribution in [0.5, 0.6) is 5.75 Å². The minimum Gasteiger partial charge on any atom is -0.428 e. The standard InChI is InChI=1S/C17H10ClNO5/c18-10-7-5-9(6-8-10)13-14-15(24-16(13)19(21)22)11-3-1-2-4-12(11)23-17(14)20/h1-8,13,16H. The second-order valence-corrected chi connectivity index (χ2v) is 5.89. The Hall–Kier alpha value is -2.86. The Morgan fingerprint density at radius 1 is 1.08 bits per heavy atom. The van der Waals surface area contributed by atoms with Crippen LogP contribution >= 0.6 is 11.6 Å². The number of benzene rings is 2. The van der Waals surface area contributed by atoms with Gasteiger partial charge in [-0.05, 0) is 29.8 Å². The number of para-hydroxylation sites is 1. The molecule has 1 aliphatic heterocycles. The molecule has 2 unspecified atom stereocenters. The molecule has 0 spiro atoms. The molecule has 0 N–H and O–H groups in total. The molecule has 0 radical (unpaired) electrons. The molecular weight excluding hydrogens is 334 g/mol. The number of ether oxygens (including phenoxy) is 1. The van der Waals surface area contributed by atoms with Crippen LogP contribution in [0.2, 0.25) is 5.02 Å². The predicted molar refractivity (Wildman–Crippen MR) is 87.2 cm³/mol. The van der Waals surface area contributed by atoms with Crippen LogP contribution in [0.15, 0.2) is 57.7 Å². The highest BCUT2D eigenvalue weighted by Gasteiger charge is 2.47. The van der Waals surface area contributed by atoms with Crippen molar-refractivity contribution in [2.24, 2.45) is 0 Å². The van der Waals surface area contributed by atoms with Crippen LogP contribution in [0.1, 0.15) is 17.0 Å². The van der Waals surface area contributed by atoms with Gasteiger partial charge in [0.25, 0.3) is 0 Å². The predicted octanol–water partition coefficient (Wildman–Crippen LogP) is 3.57. The molecule has 1 aliphatic rings. The Bertz CT molecular complexity index is 1010. The van der Waals surface area contributed by atoms with Gasteiger partial charge in [-0.3, -0.25) is 10.1 Å². The summed E-state index contributed by atoms with van der Waals surface area (Å²) in [7, 11) is 0. The zero-order valence-corrected chi connectivity index (χ0v) is 12.9. The SMILES string of the molecule is O=c1oc2ccccc2c2c1C(c1ccc(Cl)cc1)C([N+](=O)[O-])O2. The van der Waals surface area contributed by atoms with Crippen LogP contribution in [0, 0.1) is 10.1 Å². The molecule has 2 atom stereocenters. The number of hydrogen-bond acceptors (Lipinski definition) is 5. The summed E-state index contributed by atoms with van der Waals surface area (Å²) in [5.74, 6) is -0.642. The van der Waals surface area contributed by atoms with Gasteiger partial charge < -0.3 is 9.15 Å². The van der Waals surface area contributed by atoms with Gasteiger partial charge in [0.05, 0.1) is 15.9 Å². The maximum atomic E-state index is 12.4. The third-order valence-electron chi connectivity index (χ3n) is 4.07. The highest BCUT2D eigenvalue weighted by atomic mass is 35.5. The van der Waals surface area contributed by atoms with E-state index in [9.17, 15) is 14.9 Å². The molecule has 0 saturated carbocycles. The summed E-state index contributed by atoms with van der Waals surface area (Å²) in [5.41, 5.74) is 0.438. The van der Waals surface area contributed by atoms with Crippen molar-refractivity contribution < 1.29 is 14.1 Å². The molecule has 2 aromatic carbocycles. The summed E-state index contributed by atoms with van der Waals surface area (Å²) >= 11 is 5.88. The molecule has 120 valence electrons. The summed E-state index contributed by atoms with van der Waals surface area (Å²) in [6.45, 7) is 0. The Morgan fingerprint density at radius 2 is 1.79 bits per heavy atom. The molecule has 6 nitrogen and oxygen atoms in total. The van der Waals surface area contributed by atoms with Crippen molar-refractivity contribution in [2.45, 2.75) is 12.1 Å².